The first-order valence-electron chi connectivity index (χ1n) is 10.2. The average molecular weight is 433 g/mol. The second-order valence-electron chi connectivity index (χ2n) is 7.65. The van der Waals surface area contributed by atoms with Crippen LogP contribution in [0.3, 0.4) is 0 Å². The minimum absolute atomic E-state index is 0.119. The van der Waals surface area contributed by atoms with Crippen LogP contribution in [0.5, 0.6) is 5.75 Å². The lowest BCUT2D eigenvalue weighted by Crippen LogP contribution is -2.33. The first kappa shape index (κ1) is 23.7. The Morgan fingerprint density at radius 2 is 1.77 bits per heavy atom. The van der Waals surface area contributed by atoms with Crippen molar-refractivity contribution in [2.45, 2.75) is 39.5 Å². The number of nitrogens with one attached hydrogen (secondary N) is 1. The highest BCUT2D eigenvalue weighted by Crippen LogP contribution is 2.22. The number of anilines is 1. The molecular formula is C23H32N2O4S. The lowest BCUT2D eigenvalue weighted by atomic mass is 10.0. The summed E-state index contributed by atoms with van der Waals surface area (Å²) in [4.78, 5) is 12.1. The lowest BCUT2D eigenvalue weighted by Gasteiger charge is -2.23. The fraction of sp³-hybridized carbons (Fsp3) is 0.435. The van der Waals surface area contributed by atoms with Crippen LogP contribution in [0, 0.1) is 6.92 Å². The zero-order valence-electron chi connectivity index (χ0n) is 18.2. The van der Waals surface area contributed by atoms with E-state index < -0.39 is 10.0 Å². The summed E-state index contributed by atoms with van der Waals surface area (Å²) in [5.74, 6) is 1.07. The van der Waals surface area contributed by atoms with Gasteiger partial charge in [-0.1, -0.05) is 44.2 Å². The maximum Gasteiger partial charge on any atom is 0.232 e. The summed E-state index contributed by atoms with van der Waals surface area (Å²) < 4.78 is 31.4. The number of benzene rings is 2. The third-order valence-corrected chi connectivity index (χ3v) is 5.98. The number of carbonyl (C=O) groups is 1. The number of hydrogen-bond acceptors (Lipinski definition) is 4. The van der Waals surface area contributed by atoms with Crippen molar-refractivity contribution < 1.29 is 17.9 Å². The summed E-state index contributed by atoms with van der Waals surface area (Å²) in [7, 11) is -3.42. The number of para-hydroxylation sites is 1. The summed E-state index contributed by atoms with van der Waals surface area (Å²) in [6, 6.07) is 15.2. The predicted octanol–water partition coefficient (Wildman–Crippen LogP) is 3.86. The van der Waals surface area contributed by atoms with Crippen LogP contribution in [0.15, 0.2) is 48.5 Å². The molecular weight excluding hydrogens is 400 g/mol. The SMILES string of the molecule is Cc1ccccc1OCCNC(=O)CCCN(c1ccc(C(C)C)cc1)S(C)(=O)=O. The first-order chi connectivity index (χ1) is 14.2. The predicted molar refractivity (Wildman–Crippen MR) is 122 cm³/mol. The Morgan fingerprint density at radius 1 is 1.10 bits per heavy atom. The van der Waals surface area contributed by atoms with Crippen molar-refractivity contribution in [1.29, 1.82) is 0 Å². The van der Waals surface area contributed by atoms with Crippen LogP contribution < -0.4 is 14.4 Å². The van der Waals surface area contributed by atoms with E-state index >= 15 is 0 Å². The second-order valence-corrected chi connectivity index (χ2v) is 9.56. The highest BCUT2D eigenvalue weighted by Gasteiger charge is 2.17. The van der Waals surface area contributed by atoms with Gasteiger partial charge in [-0.25, -0.2) is 8.42 Å². The van der Waals surface area contributed by atoms with Gasteiger partial charge < -0.3 is 10.1 Å². The minimum Gasteiger partial charge on any atom is -0.491 e. The van der Waals surface area contributed by atoms with Crippen LogP contribution in [-0.2, 0) is 14.8 Å². The summed E-state index contributed by atoms with van der Waals surface area (Å²) >= 11 is 0. The number of aryl methyl sites for hydroxylation is 1. The molecule has 0 aliphatic rings. The minimum atomic E-state index is -3.42. The van der Waals surface area contributed by atoms with Gasteiger partial charge in [-0.15, -0.1) is 0 Å². The Kier molecular flexibility index (Phi) is 8.72. The van der Waals surface area contributed by atoms with E-state index in [-0.39, 0.29) is 18.9 Å². The van der Waals surface area contributed by atoms with Gasteiger partial charge in [0, 0.05) is 13.0 Å². The number of nitrogens with zero attached hydrogens (tertiary/aromatic N) is 1. The first-order valence-corrected chi connectivity index (χ1v) is 12.1. The van der Waals surface area contributed by atoms with Gasteiger partial charge in [-0.05, 0) is 48.6 Å². The monoisotopic (exact) mass is 432 g/mol. The maximum atomic E-state index is 12.2. The van der Waals surface area contributed by atoms with E-state index in [0.29, 0.717) is 31.2 Å². The molecule has 0 fully saturated rings. The summed E-state index contributed by atoms with van der Waals surface area (Å²) in [5, 5.41) is 2.81. The molecule has 2 aromatic carbocycles. The van der Waals surface area contributed by atoms with E-state index in [1.54, 1.807) is 0 Å². The van der Waals surface area contributed by atoms with E-state index in [9.17, 15) is 13.2 Å². The van der Waals surface area contributed by atoms with E-state index in [1.807, 2.05) is 55.5 Å². The van der Waals surface area contributed by atoms with Crippen molar-refractivity contribution in [3.8, 4) is 5.75 Å². The molecule has 164 valence electrons. The normalized spacial score (nSPS) is 11.4. The van der Waals surface area contributed by atoms with Gasteiger partial charge in [0.15, 0.2) is 0 Å². The molecule has 1 amide bonds. The van der Waals surface area contributed by atoms with Gasteiger partial charge in [0.05, 0.1) is 18.5 Å². The van der Waals surface area contributed by atoms with E-state index in [1.165, 1.54) is 10.6 Å². The number of amides is 1. The molecule has 0 spiro atoms. The molecule has 0 saturated carbocycles. The van der Waals surface area contributed by atoms with Crippen LogP contribution in [0.4, 0.5) is 5.69 Å². The number of ether oxygens (including phenoxy) is 1. The van der Waals surface area contributed by atoms with Crippen molar-refractivity contribution in [3.05, 3.63) is 59.7 Å². The summed E-state index contributed by atoms with van der Waals surface area (Å²) in [5.41, 5.74) is 2.82. The van der Waals surface area contributed by atoms with Crippen LogP contribution in [0.25, 0.3) is 0 Å². The van der Waals surface area contributed by atoms with Crippen molar-refractivity contribution in [2.75, 3.05) is 30.3 Å². The number of hydrogen-bond donors (Lipinski definition) is 1. The molecule has 0 heterocycles. The largest absolute Gasteiger partial charge is 0.491 e. The standard InChI is InChI=1S/C23H32N2O4S/c1-18(2)20-11-13-21(14-12-20)25(30(4,27)28)16-7-10-23(26)24-15-17-29-22-9-6-5-8-19(22)3/h5-6,8-9,11-14,18H,7,10,15-17H2,1-4H3,(H,24,26). The number of sulfonamides is 1. The highest BCUT2D eigenvalue weighted by molar-refractivity contribution is 7.92. The van der Waals surface area contributed by atoms with Crippen LogP contribution in [0.2, 0.25) is 0 Å². The molecule has 1 N–H and O–H groups in total. The Labute approximate surface area is 180 Å². The Bertz CT molecular complexity index is 924. The molecule has 7 heteroatoms. The molecule has 0 aliphatic heterocycles. The van der Waals surface area contributed by atoms with Crippen LogP contribution in [-0.4, -0.2) is 40.3 Å². The van der Waals surface area contributed by atoms with Crippen LogP contribution >= 0.6 is 0 Å². The van der Waals surface area contributed by atoms with Gasteiger partial charge in [-0.2, -0.15) is 0 Å². The molecule has 0 aliphatic carbocycles. The molecule has 0 saturated heterocycles. The Balaban J connectivity index is 1.79. The zero-order valence-corrected chi connectivity index (χ0v) is 19.0. The van der Waals surface area contributed by atoms with Gasteiger partial charge in [-0.3, -0.25) is 9.10 Å². The fourth-order valence-corrected chi connectivity index (χ4v) is 4.02. The summed E-state index contributed by atoms with van der Waals surface area (Å²) in [6.45, 7) is 7.20. The third-order valence-electron chi connectivity index (χ3n) is 4.79. The molecule has 0 radical (unpaired) electrons. The van der Waals surface area contributed by atoms with E-state index in [2.05, 4.69) is 19.2 Å². The Hall–Kier alpha value is -2.54. The van der Waals surface area contributed by atoms with Crippen molar-refractivity contribution >= 4 is 21.6 Å². The van der Waals surface area contributed by atoms with E-state index in [4.69, 9.17) is 4.74 Å². The maximum absolute atomic E-state index is 12.2. The molecule has 2 rings (SSSR count). The van der Waals surface area contributed by atoms with Crippen molar-refractivity contribution in [3.63, 3.8) is 0 Å². The van der Waals surface area contributed by atoms with Gasteiger partial charge in [0.25, 0.3) is 0 Å². The number of rotatable bonds is 11. The van der Waals surface area contributed by atoms with E-state index in [0.717, 1.165) is 16.9 Å². The smallest absolute Gasteiger partial charge is 0.232 e. The molecule has 0 atom stereocenters. The fourth-order valence-electron chi connectivity index (χ4n) is 3.05. The van der Waals surface area contributed by atoms with Crippen molar-refractivity contribution in [2.24, 2.45) is 0 Å². The molecule has 6 nitrogen and oxygen atoms in total. The summed E-state index contributed by atoms with van der Waals surface area (Å²) in [6.07, 6.45) is 1.87. The Morgan fingerprint density at radius 3 is 2.37 bits per heavy atom. The average Bonchev–Trinajstić information content (AvgIpc) is 2.69. The zero-order chi connectivity index (χ0) is 22.1. The van der Waals surface area contributed by atoms with Gasteiger partial charge in [0.1, 0.15) is 12.4 Å². The topological polar surface area (TPSA) is 75.7 Å². The highest BCUT2D eigenvalue weighted by atomic mass is 32.2. The molecule has 2 aromatic rings. The molecule has 30 heavy (non-hydrogen) atoms. The molecule has 0 unspecified atom stereocenters. The van der Waals surface area contributed by atoms with Crippen LogP contribution in [0.1, 0.15) is 43.7 Å². The lowest BCUT2D eigenvalue weighted by molar-refractivity contribution is -0.121. The third kappa shape index (κ3) is 7.37. The van der Waals surface area contributed by atoms with Gasteiger partial charge >= 0.3 is 0 Å². The molecule has 0 aromatic heterocycles. The van der Waals surface area contributed by atoms with Crippen molar-refractivity contribution in [1.82, 2.24) is 5.32 Å². The molecule has 0 bridgehead atoms. The second kappa shape index (κ2) is 11.0. The quantitative estimate of drug-likeness (QED) is 0.547. The number of carbonyl (C=O) groups excluding carboxylic acids is 1. The van der Waals surface area contributed by atoms with Gasteiger partial charge in [0.2, 0.25) is 15.9 Å².